The zero-order valence-electron chi connectivity index (χ0n) is 18.0. The number of anilines is 2. The number of nitrogens with zero attached hydrogens (tertiary/aromatic N) is 2. The molecule has 1 saturated heterocycles. The Morgan fingerprint density at radius 3 is 2.67 bits per heavy atom. The van der Waals surface area contributed by atoms with Crippen LogP contribution in [0.1, 0.15) is 30.1 Å². The van der Waals surface area contributed by atoms with Crippen LogP contribution in [0.3, 0.4) is 0 Å². The van der Waals surface area contributed by atoms with Crippen LogP contribution >= 0.6 is 0 Å². The number of nitrogens with one attached hydrogen (secondary N) is 1. The molecule has 0 spiro atoms. The first-order valence-electron chi connectivity index (χ1n) is 10.8. The second-order valence-electron chi connectivity index (χ2n) is 8.14. The average Bonchev–Trinajstić information content (AvgIpc) is 3.41. The SMILES string of the molecule is CCN1C(=O)c2cccc3c(S(=O)(=O)N4CCC[C@@H]4C(=O)Nc4ccccc4O)ccc1c23. The van der Waals surface area contributed by atoms with Gasteiger partial charge in [-0.1, -0.05) is 24.3 Å². The molecule has 3 aromatic carbocycles. The van der Waals surface area contributed by atoms with E-state index in [0.717, 1.165) is 0 Å². The molecular weight excluding hydrogens is 442 g/mol. The molecule has 5 rings (SSSR count). The predicted molar refractivity (Wildman–Crippen MR) is 125 cm³/mol. The Hall–Kier alpha value is -3.43. The lowest BCUT2D eigenvalue weighted by atomic mass is 10.1. The molecule has 9 heteroatoms. The first-order chi connectivity index (χ1) is 15.8. The molecule has 1 atom stereocenters. The minimum Gasteiger partial charge on any atom is -0.506 e. The fourth-order valence-corrected chi connectivity index (χ4v) is 6.62. The van der Waals surface area contributed by atoms with E-state index >= 15 is 0 Å². The Morgan fingerprint density at radius 2 is 1.91 bits per heavy atom. The normalized spacial score (nSPS) is 18.3. The average molecular weight is 466 g/mol. The van der Waals surface area contributed by atoms with E-state index in [9.17, 15) is 23.1 Å². The van der Waals surface area contributed by atoms with Crippen LogP contribution in [0.5, 0.6) is 5.75 Å². The summed E-state index contributed by atoms with van der Waals surface area (Å²) in [5.41, 5.74) is 1.41. The summed E-state index contributed by atoms with van der Waals surface area (Å²) in [5, 5.41) is 13.7. The lowest BCUT2D eigenvalue weighted by Crippen LogP contribution is -2.43. The van der Waals surface area contributed by atoms with Gasteiger partial charge in [-0.2, -0.15) is 4.31 Å². The Labute approximate surface area is 191 Å². The molecule has 0 aliphatic carbocycles. The van der Waals surface area contributed by atoms with Gasteiger partial charge in [0.15, 0.2) is 0 Å². The highest BCUT2D eigenvalue weighted by atomic mass is 32.2. The topological polar surface area (TPSA) is 107 Å². The summed E-state index contributed by atoms with van der Waals surface area (Å²) in [6, 6.07) is 13.7. The molecule has 8 nitrogen and oxygen atoms in total. The van der Waals surface area contributed by atoms with E-state index in [0.29, 0.717) is 41.4 Å². The van der Waals surface area contributed by atoms with Gasteiger partial charge in [0.05, 0.1) is 16.3 Å². The van der Waals surface area contributed by atoms with Crippen molar-refractivity contribution in [2.75, 3.05) is 23.3 Å². The van der Waals surface area contributed by atoms with Crippen molar-refractivity contribution in [2.24, 2.45) is 0 Å². The lowest BCUT2D eigenvalue weighted by molar-refractivity contribution is -0.119. The fraction of sp³-hybridized carbons (Fsp3) is 0.250. The van der Waals surface area contributed by atoms with E-state index in [4.69, 9.17) is 0 Å². The number of carbonyl (C=O) groups excluding carboxylic acids is 2. The van der Waals surface area contributed by atoms with Crippen LogP contribution in [-0.2, 0) is 14.8 Å². The maximum Gasteiger partial charge on any atom is 0.258 e. The summed E-state index contributed by atoms with van der Waals surface area (Å²) >= 11 is 0. The third-order valence-electron chi connectivity index (χ3n) is 6.32. The van der Waals surface area contributed by atoms with Gasteiger partial charge in [-0.25, -0.2) is 8.42 Å². The van der Waals surface area contributed by atoms with Gasteiger partial charge in [0.1, 0.15) is 11.8 Å². The number of aromatic hydroxyl groups is 1. The maximum absolute atomic E-state index is 13.8. The van der Waals surface area contributed by atoms with Crippen molar-refractivity contribution in [1.82, 2.24) is 4.31 Å². The third kappa shape index (κ3) is 3.27. The molecule has 170 valence electrons. The molecule has 1 fully saturated rings. The number of hydrogen-bond donors (Lipinski definition) is 2. The number of benzene rings is 3. The minimum absolute atomic E-state index is 0.0797. The van der Waals surface area contributed by atoms with Crippen LogP contribution in [-0.4, -0.2) is 48.8 Å². The van der Waals surface area contributed by atoms with Crippen molar-refractivity contribution in [3.63, 3.8) is 0 Å². The van der Waals surface area contributed by atoms with Crippen LogP contribution < -0.4 is 10.2 Å². The Morgan fingerprint density at radius 1 is 1.12 bits per heavy atom. The molecule has 2 amide bonds. The molecule has 0 unspecified atom stereocenters. The molecule has 2 heterocycles. The zero-order valence-corrected chi connectivity index (χ0v) is 18.8. The fourth-order valence-electron chi connectivity index (χ4n) is 4.77. The van der Waals surface area contributed by atoms with Crippen molar-refractivity contribution in [2.45, 2.75) is 30.7 Å². The Balaban J connectivity index is 1.54. The number of phenols is 1. The van der Waals surface area contributed by atoms with E-state index in [1.165, 1.54) is 16.4 Å². The second-order valence-corrected chi connectivity index (χ2v) is 10.00. The van der Waals surface area contributed by atoms with E-state index in [-0.39, 0.29) is 28.8 Å². The first-order valence-corrected chi connectivity index (χ1v) is 12.3. The van der Waals surface area contributed by atoms with Crippen molar-refractivity contribution in [1.29, 1.82) is 0 Å². The smallest absolute Gasteiger partial charge is 0.258 e. The van der Waals surface area contributed by atoms with E-state index in [1.54, 1.807) is 47.4 Å². The Kier molecular flexibility index (Phi) is 5.10. The summed E-state index contributed by atoms with van der Waals surface area (Å²) in [4.78, 5) is 27.5. The number of phenolic OH excluding ortho intramolecular Hbond substituents is 1. The van der Waals surface area contributed by atoms with Crippen LogP contribution in [0, 0.1) is 0 Å². The largest absolute Gasteiger partial charge is 0.506 e. The number of para-hydroxylation sites is 2. The molecule has 0 aromatic heterocycles. The molecule has 33 heavy (non-hydrogen) atoms. The van der Waals surface area contributed by atoms with Crippen molar-refractivity contribution < 1.29 is 23.1 Å². The first kappa shape index (κ1) is 21.4. The van der Waals surface area contributed by atoms with E-state index < -0.39 is 22.0 Å². The standard InChI is InChI=1S/C24H23N3O5S/c1-2-26-18-12-13-21(15-7-5-8-16(22(15)18)24(26)30)33(31,32)27-14-6-10-19(27)23(29)25-17-9-3-4-11-20(17)28/h3-5,7-9,11-13,19,28H,2,6,10,14H2,1H3,(H,25,29)/t19-/m1/s1. The third-order valence-corrected chi connectivity index (χ3v) is 8.28. The van der Waals surface area contributed by atoms with Crippen molar-refractivity contribution in [3.8, 4) is 5.75 Å². The van der Waals surface area contributed by atoms with Crippen LogP contribution in [0.25, 0.3) is 10.8 Å². The predicted octanol–water partition coefficient (Wildman–Crippen LogP) is 3.32. The molecule has 2 aliphatic heterocycles. The zero-order chi connectivity index (χ0) is 23.3. The molecule has 2 aliphatic rings. The summed E-state index contributed by atoms with van der Waals surface area (Å²) in [5.74, 6) is -0.722. The monoisotopic (exact) mass is 465 g/mol. The van der Waals surface area contributed by atoms with Gasteiger partial charge in [-0.15, -0.1) is 0 Å². The number of rotatable bonds is 5. The molecule has 0 saturated carbocycles. The maximum atomic E-state index is 13.8. The molecule has 0 radical (unpaired) electrons. The minimum atomic E-state index is -4.03. The lowest BCUT2D eigenvalue weighted by Gasteiger charge is -2.24. The highest BCUT2D eigenvalue weighted by Crippen LogP contribution is 2.41. The summed E-state index contributed by atoms with van der Waals surface area (Å²) in [6.45, 7) is 2.57. The second kappa shape index (κ2) is 7.86. The van der Waals surface area contributed by atoms with Crippen molar-refractivity contribution >= 4 is 44.0 Å². The molecule has 2 N–H and O–H groups in total. The highest BCUT2D eigenvalue weighted by molar-refractivity contribution is 7.89. The number of carbonyl (C=O) groups is 2. The van der Waals surface area contributed by atoms with Gasteiger partial charge in [0, 0.05) is 29.4 Å². The van der Waals surface area contributed by atoms with Gasteiger partial charge in [0.25, 0.3) is 5.91 Å². The van der Waals surface area contributed by atoms with Crippen molar-refractivity contribution in [3.05, 3.63) is 60.2 Å². The van der Waals surface area contributed by atoms with Gasteiger partial charge in [0.2, 0.25) is 15.9 Å². The van der Waals surface area contributed by atoms with Crippen LogP contribution in [0.15, 0.2) is 59.5 Å². The number of sulfonamides is 1. The summed E-state index contributed by atoms with van der Waals surface area (Å²) in [6.07, 6.45) is 0.920. The number of amides is 2. The highest BCUT2D eigenvalue weighted by Gasteiger charge is 2.41. The van der Waals surface area contributed by atoms with Gasteiger partial charge < -0.3 is 15.3 Å². The quantitative estimate of drug-likeness (QED) is 0.562. The van der Waals surface area contributed by atoms with Gasteiger partial charge >= 0.3 is 0 Å². The molecule has 3 aromatic rings. The van der Waals surface area contributed by atoms with Crippen LogP contribution in [0.4, 0.5) is 11.4 Å². The summed E-state index contributed by atoms with van der Waals surface area (Å²) in [7, 11) is -4.03. The molecule has 0 bridgehead atoms. The molecular formula is C24H23N3O5S. The van der Waals surface area contributed by atoms with E-state index in [1.807, 2.05) is 6.92 Å². The number of hydrogen-bond acceptors (Lipinski definition) is 5. The van der Waals surface area contributed by atoms with Crippen LogP contribution in [0.2, 0.25) is 0 Å². The Bertz CT molecular complexity index is 1400. The summed E-state index contributed by atoms with van der Waals surface area (Å²) < 4.78 is 28.7. The van der Waals surface area contributed by atoms with E-state index in [2.05, 4.69) is 5.32 Å². The van der Waals surface area contributed by atoms with Gasteiger partial charge in [-0.3, -0.25) is 9.59 Å². The van der Waals surface area contributed by atoms with Gasteiger partial charge in [-0.05, 0) is 50.1 Å².